The number of hydrogen-bond donors (Lipinski definition) is 0. The predicted molar refractivity (Wildman–Crippen MR) is 42.5 cm³/mol. The van der Waals surface area contributed by atoms with E-state index in [-0.39, 0.29) is 0 Å². The van der Waals surface area contributed by atoms with Crippen LogP contribution in [-0.2, 0) is 12.9 Å². The van der Waals surface area contributed by atoms with Crippen molar-refractivity contribution in [3.8, 4) is 0 Å². The summed E-state index contributed by atoms with van der Waals surface area (Å²) in [5.41, 5.74) is 2.19. The molecule has 11 heavy (non-hydrogen) atoms. The maximum Gasteiger partial charge on any atom is 0.101 e. The molecule has 0 unspecified atom stereocenters. The van der Waals surface area contributed by atoms with Crippen molar-refractivity contribution in [2.45, 2.75) is 24.6 Å². The van der Waals surface area contributed by atoms with Gasteiger partial charge < -0.3 is 0 Å². The van der Waals surface area contributed by atoms with Crippen molar-refractivity contribution in [3.05, 3.63) is 11.4 Å². The van der Waals surface area contributed by atoms with Crippen LogP contribution in [0.5, 0.6) is 0 Å². The first kappa shape index (κ1) is 7.10. The van der Waals surface area contributed by atoms with Gasteiger partial charge in [0.25, 0.3) is 0 Å². The topological polar surface area (TPSA) is 30.7 Å². The molecule has 2 rings (SSSR count). The Morgan fingerprint density at radius 2 is 2.36 bits per heavy atom. The van der Waals surface area contributed by atoms with E-state index in [0.29, 0.717) is 11.8 Å². The van der Waals surface area contributed by atoms with Gasteiger partial charge in [0.15, 0.2) is 0 Å². The van der Waals surface area contributed by atoms with Crippen molar-refractivity contribution in [2.24, 2.45) is 7.05 Å². The lowest BCUT2D eigenvalue weighted by Crippen LogP contribution is -1.97. The molecule has 1 aromatic rings. The molecule has 0 aliphatic heterocycles. The largest absolute Gasteiger partial charge is 0.252 e. The molecule has 0 radical (unpaired) electrons. The van der Waals surface area contributed by atoms with Gasteiger partial charge in [-0.25, -0.2) is 0 Å². The van der Waals surface area contributed by atoms with Gasteiger partial charge in [0.2, 0.25) is 0 Å². The van der Waals surface area contributed by atoms with E-state index in [0.717, 1.165) is 5.69 Å². The lowest BCUT2D eigenvalue weighted by Gasteiger charge is -1.97. The Morgan fingerprint density at radius 1 is 1.64 bits per heavy atom. The Hall–Kier alpha value is -0.570. The molecule has 1 fully saturated rings. The van der Waals surface area contributed by atoms with Gasteiger partial charge in [0.05, 0.1) is 11.6 Å². The zero-order chi connectivity index (χ0) is 7.84. The van der Waals surface area contributed by atoms with Crippen molar-refractivity contribution < 1.29 is 0 Å². The fraction of sp³-hybridized carbons (Fsp3) is 0.714. The van der Waals surface area contributed by atoms with E-state index >= 15 is 0 Å². The van der Waals surface area contributed by atoms with Gasteiger partial charge in [-0.15, -0.1) is 16.7 Å². The molecule has 1 heterocycles. The Morgan fingerprint density at radius 3 is 2.91 bits per heavy atom. The second-order valence-electron chi connectivity index (χ2n) is 2.95. The van der Waals surface area contributed by atoms with Crippen LogP contribution < -0.4 is 0 Å². The maximum atomic E-state index is 5.70. The van der Waals surface area contributed by atoms with Gasteiger partial charge in [0.1, 0.15) is 5.69 Å². The molecule has 0 saturated heterocycles. The number of aromatic nitrogens is 3. The molecule has 1 aromatic heterocycles. The monoisotopic (exact) mass is 171 g/mol. The number of aryl methyl sites for hydroxylation is 1. The minimum Gasteiger partial charge on any atom is -0.252 e. The summed E-state index contributed by atoms with van der Waals surface area (Å²) in [5.74, 6) is 1.17. The van der Waals surface area contributed by atoms with E-state index in [1.54, 1.807) is 0 Å². The number of rotatable bonds is 2. The summed E-state index contributed by atoms with van der Waals surface area (Å²) in [6, 6.07) is 0. The van der Waals surface area contributed by atoms with E-state index in [9.17, 15) is 0 Å². The fourth-order valence-electron chi connectivity index (χ4n) is 1.36. The third-order valence-electron chi connectivity index (χ3n) is 2.03. The molecule has 1 saturated carbocycles. The van der Waals surface area contributed by atoms with Crippen LogP contribution in [0.3, 0.4) is 0 Å². The van der Waals surface area contributed by atoms with E-state index in [4.69, 9.17) is 11.6 Å². The molecule has 0 atom stereocenters. The van der Waals surface area contributed by atoms with Gasteiger partial charge in [-0.2, -0.15) is 0 Å². The minimum absolute atomic E-state index is 0.486. The summed E-state index contributed by atoms with van der Waals surface area (Å²) in [6.07, 6.45) is 2.54. The van der Waals surface area contributed by atoms with Crippen molar-refractivity contribution in [3.63, 3.8) is 0 Å². The third-order valence-corrected chi connectivity index (χ3v) is 2.29. The number of alkyl halides is 1. The molecular formula is C7H10ClN3. The number of nitrogens with zero attached hydrogens (tertiary/aromatic N) is 3. The van der Waals surface area contributed by atoms with Gasteiger partial charge in [-0.1, -0.05) is 5.21 Å². The predicted octanol–water partition coefficient (Wildman–Crippen LogP) is 1.43. The average Bonchev–Trinajstić information content (AvgIpc) is 2.76. The Kier molecular flexibility index (Phi) is 1.60. The molecule has 0 N–H and O–H groups in total. The lowest BCUT2D eigenvalue weighted by molar-refractivity contribution is 0.679. The second kappa shape index (κ2) is 2.48. The van der Waals surface area contributed by atoms with Crippen LogP contribution in [0.4, 0.5) is 0 Å². The van der Waals surface area contributed by atoms with E-state index in [1.807, 2.05) is 11.7 Å². The standard InChI is InChI=1S/C7H10ClN3/c1-11-7(5-2-3-5)6(4-8)9-10-11/h5H,2-4H2,1H3. The second-order valence-corrected chi connectivity index (χ2v) is 3.22. The molecule has 0 aromatic carbocycles. The van der Waals surface area contributed by atoms with Crippen LogP contribution in [0.15, 0.2) is 0 Å². The highest BCUT2D eigenvalue weighted by Crippen LogP contribution is 2.40. The molecular weight excluding hydrogens is 162 g/mol. The highest BCUT2D eigenvalue weighted by atomic mass is 35.5. The number of hydrogen-bond acceptors (Lipinski definition) is 2. The average molecular weight is 172 g/mol. The Balaban J connectivity index is 2.38. The van der Waals surface area contributed by atoms with Crippen molar-refractivity contribution >= 4 is 11.6 Å². The van der Waals surface area contributed by atoms with Crippen LogP contribution >= 0.6 is 11.6 Å². The normalized spacial score (nSPS) is 17.3. The first-order valence-corrected chi connectivity index (χ1v) is 4.30. The summed E-state index contributed by atoms with van der Waals surface area (Å²) < 4.78 is 1.84. The van der Waals surface area contributed by atoms with Crippen molar-refractivity contribution in [1.29, 1.82) is 0 Å². The zero-order valence-corrected chi connectivity index (χ0v) is 7.17. The molecule has 0 amide bonds. The molecule has 1 aliphatic carbocycles. The van der Waals surface area contributed by atoms with E-state index < -0.39 is 0 Å². The summed E-state index contributed by atoms with van der Waals surface area (Å²) in [6.45, 7) is 0. The summed E-state index contributed by atoms with van der Waals surface area (Å²) in [7, 11) is 1.93. The van der Waals surface area contributed by atoms with Crippen LogP contribution in [0, 0.1) is 0 Å². The molecule has 3 nitrogen and oxygen atoms in total. The van der Waals surface area contributed by atoms with Crippen LogP contribution in [-0.4, -0.2) is 15.0 Å². The highest BCUT2D eigenvalue weighted by molar-refractivity contribution is 6.16. The van der Waals surface area contributed by atoms with Gasteiger partial charge in [0, 0.05) is 13.0 Å². The summed E-state index contributed by atoms with van der Waals surface area (Å²) in [5, 5.41) is 7.91. The van der Waals surface area contributed by atoms with Crippen LogP contribution in [0.1, 0.15) is 30.1 Å². The van der Waals surface area contributed by atoms with Gasteiger partial charge >= 0.3 is 0 Å². The molecule has 0 spiro atoms. The quantitative estimate of drug-likeness (QED) is 0.631. The minimum atomic E-state index is 0.486. The first-order valence-electron chi connectivity index (χ1n) is 3.77. The molecule has 4 heteroatoms. The van der Waals surface area contributed by atoms with E-state index in [2.05, 4.69) is 10.3 Å². The van der Waals surface area contributed by atoms with Gasteiger partial charge in [-0.05, 0) is 12.8 Å². The maximum absolute atomic E-state index is 5.70. The molecule has 1 aliphatic rings. The van der Waals surface area contributed by atoms with Crippen LogP contribution in [0.2, 0.25) is 0 Å². The Bertz CT molecular complexity index is 265. The smallest absolute Gasteiger partial charge is 0.101 e. The van der Waals surface area contributed by atoms with Crippen molar-refractivity contribution in [1.82, 2.24) is 15.0 Å². The molecule has 0 bridgehead atoms. The highest BCUT2D eigenvalue weighted by Gasteiger charge is 2.29. The van der Waals surface area contributed by atoms with E-state index in [1.165, 1.54) is 18.5 Å². The fourth-order valence-corrected chi connectivity index (χ4v) is 1.55. The van der Waals surface area contributed by atoms with Crippen LogP contribution in [0.25, 0.3) is 0 Å². The summed E-state index contributed by atoms with van der Waals surface area (Å²) >= 11 is 5.70. The number of halogens is 1. The first-order chi connectivity index (χ1) is 5.33. The SMILES string of the molecule is Cn1nnc(CCl)c1C1CC1. The Labute approximate surface area is 70.3 Å². The molecule has 60 valence electrons. The van der Waals surface area contributed by atoms with Gasteiger partial charge in [-0.3, -0.25) is 4.68 Å². The zero-order valence-electron chi connectivity index (χ0n) is 6.42. The third kappa shape index (κ3) is 1.13. The van der Waals surface area contributed by atoms with Crippen molar-refractivity contribution in [2.75, 3.05) is 0 Å². The lowest BCUT2D eigenvalue weighted by atomic mass is 10.2. The summed E-state index contributed by atoms with van der Waals surface area (Å²) in [4.78, 5) is 0.